The molecular weight excluding hydrogens is 392 g/mol. The van der Waals surface area contributed by atoms with Crippen molar-refractivity contribution in [3.63, 3.8) is 0 Å². The van der Waals surface area contributed by atoms with Crippen molar-refractivity contribution in [1.29, 1.82) is 0 Å². The van der Waals surface area contributed by atoms with Gasteiger partial charge >= 0.3 is 11.9 Å². The maximum atomic E-state index is 12.2. The molecule has 0 fully saturated rings. The number of rotatable bonds is 8. The molecule has 2 aromatic rings. The minimum Gasteiger partial charge on any atom is -0.507 e. The third-order valence-electron chi connectivity index (χ3n) is 3.71. The molecule has 2 aromatic carbocycles. The quantitative estimate of drug-likeness (QED) is 0.591. The molecule has 0 heterocycles. The Labute approximate surface area is 174 Å². The van der Waals surface area contributed by atoms with Crippen LogP contribution in [-0.2, 0) is 9.47 Å². The molecule has 2 rings (SSSR count). The molecule has 0 unspecified atom stereocenters. The lowest BCUT2D eigenvalue weighted by Crippen LogP contribution is -2.10. The molecule has 6 nitrogen and oxygen atoms in total. The summed E-state index contributed by atoms with van der Waals surface area (Å²) in [7, 11) is 0. The first-order valence-corrected chi connectivity index (χ1v) is 10.2. The van der Waals surface area contributed by atoms with Crippen molar-refractivity contribution in [2.45, 2.75) is 37.5 Å². The lowest BCUT2D eigenvalue weighted by molar-refractivity contribution is 0.0450. The second-order valence-corrected chi connectivity index (χ2v) is 8.54. The van der Waals surface area contributed by atoms with E-state index in [1.54, 1.807) is 0 Å². The van der Waals surface area contributed by atoms with Crippen LogP contribution in [0.25, 0.3) is 0 Å². The van der Waals surface area contributed by atoms with Gasteiger partial charge in [0.1, 0.15) is 11.5 Å². The highest BCUT2D eigenvalue weighted by Crippen LogP contribution is 2.39. The fourth-order valence-electron chi connectivity index (χ4n) is 2.22. The monoisotopic (exact) mass is 418 g/mol. The predicted octanol–water partition coefficient (Wildman–Crippen LogP) is 4.87. The topological polar surface area (TPSA) is 93.1 Å². The van der Waals surface area contributed by atoms with Crippen LogP contribution in [-0.4, -0.2) is 35.4 Å². The lowest BCUT2D eigenvalue weighted by atomic mass is 10.2. The Hall–Kier alpha value is -2.67. The van der Waals surface area contributed by atoms with E-state index in [1.165, 1.54) is 36.4 Å². The molecule has 0 aliphatic carbocycles. The Morgan fingerprint density at radius 2 is 1.17 bits per heavy atom. The zero-order chi connectivity index (χ0) is 21.6. The highest BCUT2D eigenvalue weighted by Gasteiger charge is 2.16. The third-order valence-corrected chi connectivity index (χ3v) is 4.80. The van der Waals surface area contributed by atoms with Gasteiger partial charge in [0.25, 0.3) is 0 Å². The van der Waals surface area contributed by atoms with Gasteiger partial charge in [-0.05, 0) is 48.2 Å². The van der Waals surface area contributed by atoms with Crippen LogP contribution in [0.15, 0.2) is 46.2 Å². The maximum Gasteiger partial charge on any atom is 0.338 e. The summed E-state index contributed by atoms with van der Waals surface area (Å²) in [5.41, 5.74) is 0.580. The van der Waals surface area contributed by atoms with Crippen molar-refractivity contribution < 1.29 is 29.3 Å². The lowest BCUT2D eigenvalue weighted by Gasteiger charge is -2.11. The summed E-state index contributed by atoms with van der Waals surface area (Å²) in [6, 6.07) is 8.72. The van der Waals surface area contributed by atoms with Gasteiger partial charge in [-0.3, -0.25) is 0 Å². The van der Waals surface area contributed by atoms with Crippen LogP contribution in [0.3, 0.4) is 0 Å². The summed E-state index contributed by atoms with van der Waals surface area (Å²) in [6.45, 7) is 8.34. The van der Waals surface area contributed by atoms with Gasteiger partial charge < -0.3 is 19.7 Å². The first kappa shape index (κ1) is 22.6. The molecule has 0 aliphatic rings. The van der Waals surface area contributed by atoms with Crippen LogP contribution in [0, 0.1) is 11.8 Å². The summed E-state index contributed by atoms with van der Waals surface area (Å²) in [6.07, 6.45) is 0. The van der Waals surface area contributed by atoms with Gasteiger partial charge in [-0.25, -0.2) is 9.59 Å². The molecule has 0 aliphatic heterocycles. The van der Waals surface area contributed by atoms with Crippen molar-refractivity contribution in [3.05, 3.63) is 47.5 Å². The average Bonchev–Trinajstić information content (AvgIpc) is 2.67. The number of hydrogen-bond acceptors (Lipinski definition) is 7. The summed E-state index contributed by atoms with van der Waals surface area (Å²) >= 11 is 1.04. The minimum atomic E-state index is -0.490. The van der Waals surface area contributed by atoms with Crippen LogP contribution in [0.5, 0.6) is 11.5 Å². The minimum absolute atomic E-state index is 0.0532. The van der Waals surface area contributed by atoms with Crippen molar-refractivity contribution >= 4 is 23.7 Å². The Morgan fingerprint density at radius 3 is 1.52 bits per heavy atom. The summed E-state index contributed by atoms with van der Waals surface area (Å²) in [4.78, 5) is 25.1. The molecule has 0 bridgehead atoms. The predicted molar refractivity (Wildman–Crippen MR) is 111 cm³/mol. The summed E-state index contributed by atoms with van der Waals surface area (Å²) in [5, 5.41) is 20.3. The molecule has 0 atom stereocenters. The molecule has 0 amide bonds. The summed E-state index contributed by atoms with van der Waals surface area (Å²) in [5.74, 6) is -0.670. The van der Waals surface area contributed by atoms with Crippen molar-refractivity contribution in [2.75, 3.05) is 13.2 Å². The highest BCUT2D eigenvalue weighted by molar-refractivity contribution is 7.99. The third kappa shape index (κ3) is 6.71. The average molecular weight is 419 g/mol. The van der Waals surface area contributed by atoms with Crippen molar-refractivity contribution in [3.8, 4) is 11.5 Å². The number of phenols is 2. The van der Waals surface area contributed by atoms with Crippen LogP contribution >= 0.6 is 11.8 Å². The van der Waals surface area contributed by atoms with Gasteiger partial charge in [-0.1, -0.05) is 39.5 Å². The van der Waals surface area contributed by atoms with Crippen LogP contribution in [0.4, 0.5) is 0 Å². The molecule has 156 valence electrons. The Kier molecular flexibility index (Phi) is 7.96. The van der Waals surface area contributed by atoms with Gasteiger partial charge in [0, 0.05) is 0 Å². The number of aromatic hydroxyl groups is 2. The largest absolute Gasteiger partial charge is 0.507 e. The van der Waals surface area contributed by atoms with Crippen LogP contribution in [0.2, 0.25) is 0 Å². The number of benzene rings is 2. The van der Waals surface area contributed by atoms with E-state index in [0.29, 0.717) is 23.0 Å². The smallest absolute Gasteiger partial charge is 0.338 e. The molecule has 0 saturated heterocycles. The molecule has 0 radical (unpaired) electrons. The first-order valence-electron chi connectivity index (χ1n) is 9.35. The number of esters is 2. The van der Waals surface area contributed by atoms with E-state index < -0.39 is 11.9 Å². The van der Waals surface area contributed by atoms with E-state index in [1.807, 2.05) is 27.7 Å². The molecule has 29 heavy (non-hydrogen) atoms. The maximum absolute atomic E-state index is 12.2. The van der Waals surface area contributed by atoms with Crippen LogP contribution < -0.4 is 0 Å². The van der Waals surface area contributed by atoms with E-state index in [0.717, 1.165) is 11.8 Å². The first-order chi connectivity index (χ1) is 13.7. The van der Waals surface area contributed by atoms with E-state index in [2.05, 4.69) is 0 Å². The van der Waals surface area contributed by atoms with Crippen molar-refractivity contribution in [1.82, 2.24) is 0 Å². The second kappa shape index (κ2) is 10.2. The van der Waals surface area contributed by atoms with Gasteiger partial charge in [-0.2, -0.15) is 0 Å². The molecule has 0 spiro atoms. The standard InChI is InChI=1S/C22H26O6S/c1-13(2)11-27-21(25)15-5-7-17(23)19(9-15)29-20-10-16(6-8-18(20)24)22(26)28-12-14(3)4/h5-10,13-14,23-24H,11-12H2,1-4H3. The number of phenolic OH excluding ortho intramolecular Hbond substituents is 2. The van der Waals surface area contributed by atoms with Crippen LogP contribution in [0.1, 0.15) is 48.4 Å². The van der Waals surface area contributed by atoms with E-state index in [-0.39, 0.29) is 34.5 Å². The fourth-order valence-corrected chi connectivity index (χ4v) is 3.17. The number of ether oxygens (including phenoxy) is 2. The Bertz CT molecular complexity index is 804. The number of carbonyl (C=O) groups excluding carboxylic acids is 2. The van der Waals surface area contributed by atoms with Gasteiger partial charge in [0.2, 0.25) is 0 Å². The second-order valence-electron chi connectivity index (χ2n) is 7.45. The fraction of sp³-hybridized carbons (Fsp3) is 0.364. The molecule has 7 heteroatoms. The molecule has 2 N–H and O–H groups in total. The van der Waals surface area contributed by atoms with E-state index >= 15 is 0 Å². The number of carbonyl (C=O) groups is 2. The number of hydrogen-bond donors (Lipinski definition) is 2. The molecular formula is C22H26O6S. The highest BCUT2D eigenvalue weighted by atomic mass is 32.2. The molecule has 0 saturated carbocycles. The Balaban J connectivity index is 2.22. The van der Waals surface area contributed by atoms with Gasteiger partial charge in [0.05, 0.1) is 34.1 Å². The zero-order valence-corrected chi connectivity index (χ0v) is 17.8. The van der Waals surface area contributed by atoms with Gasteiger partial charge in [0.15, 0.2) is 0 Å². The van der Waals surface area contributed by atoms with E-state index in [9.17, 15) is 19.8 Å². The Morgan fingerprint density at radius 1 is 0.793 bits per heavy atom. The molecule has 0 aromatic heterocycles. The normalized spacial score (nSPS) is 11.0. The summed E-state index contributed by atoms with van der Waals surface area (Å²) < 4.78 is 10.4. The SMILES string of the molecule is CC(C)COC(=O)c1ccc(O)c(Sc2cc(C(=O)OCC(C)C)ccc2O)c1. The van der Waals surface area contributed by atoms with Gasteiger partial charge in [-0.15, -0.1) is 0 Å². The van der Waals surface area contributed by atoms with E-state index in [4.69, 9.17) is 9.47 Å². The zero-order valence-electron chi connectivity index (χ0n) is 17.0. The van der Waals surface area contributed by atoms with Crippen molar-refractivity contribution in [2.24, 2.45) is 11.8 Å².